The van der Waals surface area contributed by atoms with Gasteiger partial charge in [-0.2, -0.15) is 13.2 Å². The largest absolute Gasteiger partial charge is 0.471 e. The predicted octanol–water partition coefficient (Wildman–Crippen LogP) is 4.54. The molecule has 0 fully saturated rings. The number of nitrogens with zero attached hydrogens (tertiary/aromatic N) is 1. The van der Waals surface area contributed by atoms with Gasteiger partial charge in [0.25, 0.3) is 0 Å². The molecule has 0 spiro atoms. The van der Waals surface area contributed by atoms with E-state index in [9.17, 15) is 18.0 Å². The molecule has 0 atom stereocenters. The van der Waals surface area contributed by atoms with Crippen LogP contribution < -0.4 is 0 Å². The second-order valence-corrected chi connectivity index (χ2v) is 4.91. The first kappa shape index (κ1) is 18.3. The fourth-order valence-corrected chi connectivity index (χ4v) is 1.93. The lowest BCUT2D eigenvalue weighted by Gasteiger charge is -2.23. The van der Waals surface area contributed by atoms with Crippen LogP contribution in [0.5, 0.6) is 0 Å². The van der Waals surface area contributed by atoms with Crippen molar-refractivity contribution in [2.24, 2.45) is 0 Å². The van der Waals surface area contributed by atoms with Gasteiger partial charge in [-0.05, 0) is 12.8 Å². The Hall–Kier alpha value is -0.740. The van der Waals surface area contributed by atoms with Crippen LogP contribution in [0.3, 0.4) is 0 Å². The molecule has 0 N–H and O–H groups in total. The molecule has 0 aromatic heterocycles. The molecule has 0 aliphatic heterocycles. The molecule has 0 aromatic carbocycles. The zero-order valence-electron chi connectivity index (χ0n) is 12.1. The molecule has 0 heterocycles. The Labute approximate surface area is 114 Å². The van der Waals surface area contributed by atoms with Gasteiger partial charge in [0.05, 0.1) is 0 Å². The number of amides is 1. The van der Waals surface area contributed by atoms with Crippen LogP contribution in [0.2, 0.25) is 0 Å². The summed E-state index contributed by atoms with van der Waals surface area (Å²) in [6.07, 6.45) is 2.71. The van der Waals surface area contributed by atoms with Gasteiger partial charge in [0.15, 0.2) is 0 Å². The van der Waals surface area contributed by atoms with Crippen LogP contribution in [0.15, 0.2) is 0 Å². The number of carbonyl (C=O) groups is 1. The number of hydrogen-bond donors (Lipinski definition) is 0. The third-order valence-corrected chi connectivity index (χ3v) is 3.09. The Morgan fingerprint density at radius 2 is 1.32 bits per heavy atom. The van der Waals surface area contributed by atoms with Gasteiger partial charge in [0.1, 0.15) is 0 Å². The molecular formula is C14H26F3NO. The van der Waals surface area contributed by atoms with E-state index < -0.39 is 12.1 Å². The molecule has 0 bridgehead atoms. The topological polar surface area (TPSA) is 20.3 Å². The van der Waals surface area contributed by atoms with Crippen LogP contribution in [-0.4, -0.2) is 30.1 Å². The molecular weight excluding hydrogens is 255 g/mol. The van der Waals surface area contributed by atoms with Gasteiger partial charge in [-0.1, -0.05) is 52.4 Å². The van der Waals surface area contributed by atoms with Crippen molar-refractivity contribution in [3.8, 4) is 0 Å². The van der Waals surface area contributed by atoms with Crippen LogP contribution in [-0.2, 0) is 4.79 Å². The molecule has 0 aromatic rings. The Kier molecular flexibility index (Phi) is 9.70. The van der Waals surface area contributed by atoms with Crippen LogP contribution in [0.1, 0.15) is 65.2 Å². The van der Waals surface area contributed by atoms with Gasteiger partial charge >= 0.3 is 12.1 Å². The van der Waals surface area contributed by atoms with Crippen molar-refractivity contribution in [3.05, 3.63) is 0 Å². The zero-order chi connectivity index (χ0) is 14.7. The average Bonchev–Trinajstić information content (AvgIpc) is 2.35. The number of hydrogen-bond acceptors (Lipinski definition) is 1. The summed E-state index contributed by atoms with van der Waals surface area (Å²) in [4.78, 5) is 12.2. The standard InChI is InChI=1S/C14H26F3NO/c1-3-5-7-8-9-10-12-18(11-6-4-2)13(19)14(15,16)17/h3-12H2,1-2H3. The average molecular weight is 281 g/mol. The van der Waals surface area contributed by atoms with E-state index in [1.807, 2.05) is 6.92 Å². The van der Waals surface area contributed by atoms with E-state index in [0.717, 1.165) is 37.0 Å². The lowest BCUT2D eigenvalue weighted by atomic mass is 10.1. The summed E-state index contributed by atoms with van der Waals surface area (Å²) in [5.74, 6) is -1.69. The summed E-state index contributed by atoms with van der Waals surface area (Å²) < 4.78 is 37.2. The maximum Gasteiger partial charge on any atom is 0.471 e. The minimum atomic E-state index is -4.74. The highest BCUT2D eigenvalue weighted by Crippen LogP contribution is 2.19. The Bertz CT molecular complexity index is 241. The summed E-state index contributed by atoms with van der Waals surface area (Å²) in [5, 5.41) is 0. The summed E-state index contributed by atoms with van der Waals surface area (Å²) in [7, 11) is 0. The minimum absolute atomic E-state index is 0.212. The molecule has 0 radical (unpaired) electrons. The lowest BCUT2D eigenvalue weighted by Crippen LogP contribution is -2.42. The summed E-state index contributed by atoms with van der Waals surface area (Å²) in [6.45, 7) is 4.46. The lowest BCUT2D eigenvalue weighted by molar-refractivity contribution is -0.185. The van der Waals surface area contributed by atoms with Gasteiger partial charge < -0.3 is 4.90 Å². The van der Waals surface area contributed by atoms with Crippen molar-refractivity contribution in [3.63, 3.8) is 0 Å². The second kappa shape index (κ2) is 10.1. The molecule has 1 amide bonds. The van der Waals surface area contributed by atoms with E-state index in [0.29, 0.717) is 12.8 Å². The first-order chi connectivity index (χ1) is 8.93. The van der Waals surface area contributed by atoms with E-state index >= 15 is 0 Å². The number of halogens is 3. The molecule has 2 nitrogen and oxygen atoms in total. The summed E-state index contributed by atoms with van der Waals surface area (Å²) in [6, 6.07) is 0. The number of rotatable bonds is 10. The van der Waals surface area contributed by atoms with Gasteiger partial charge in [-0.15, -0.1) is 0 Å². The Balaban J connectivity index is 4.03. The van der Waals surface area contributed by atoms with Crippen LogP contribution in [0.25, 0.3) is 0 Å². The highest BCUT2D eigenvalue weighted by molar-refractivity contribution is 5.81. The summed E-state index contributed by atoms with van der Waals surface area (Å²) >= 11 is 0. The molecule has 19 heavy (non-hydrogen) atoms. The van der Waals surface area contributed by atoms with Crippen molar-refractivity contribution in [1.29, 1.82) is 0 Å². The van der Waals surface area contributed by atoms with Crippen molar-refractivity contribution in [2.45, 2.75) is 71.4 Å². The third kappa shape index (κ3) is 8.89. The fraction of sp³-hybridized carbons (Fsp3) is 0.929. The maximum atomic E-state index is 12.4. The van der Waals surface area contributed by atoms with Crippen LogP contribution in [0.4, 0.5) is 13.2 Å². The molecule has 5 heteroatoms. The van der Waals surface area contributed by atoms with Crippen molar-refractivity contribution < 1.29 is 18.0 Å². The van der Waals surface area contributed by atoms with Crippen molar-refractivity contribution >= 4 is 5.91 Å². The highest BCUT2D eigenvalue weighted by Gasteiger charge is 2.41. The van der Waals surface area contributed by atoms with Gasteiger partial charge in [0, 0.05) is 13.1 Å². The molecule has 0 rings (SSSR count). The Morgan fingerprint density at radius 3 is 1.84 bits per heavy atom. The van der Waals surface area contributed by atoms with Crippen LogP contribution in [0, 0.1) is 0 Å². The first-order valence-corrected chi connectivity index (χ1v) is 7.29. The summed E-state index contributed by atoms with van der Waals surface area (Å²) in [5.41, 5.74) is 0. The third-order valence-electron chi connectivity index (χ3n) is 3.09. The monoisotopic (exact) mass is 281 g/mol. The molecule has 0 saturated carbocycles. The molecule has 114 valence electrons. The number of alkyl halides is 3. The quantitative estimate of drug-likeness (QED) is 0.538. The van der Waals surface area contributed by atoms with E-state index in [-0.39, 0.29) is 13.1 Å². The second-order valence-electron chi connectivity index (χ2n) is 4.91. The highest BCUT2D eigenvalue weighted by atomic mass is 19.4. The molecule has 0 unspecified atom stereocenters. The fourth-order valence-electron chi connectivity index (χ4n) is 1.93. The van der Waals surface area contributed by atoms with E-state index in [1.54, 1.807) is 0 Å². The van der Waals surface area contributed by atoms with Crippen molar-refractivity contribution in [2.75, 3.05) is 13.1 Å². The van der Waals surface area contributed by atoms with E-state index in [2.05, 4.69) is 6.92 Å². The van der Waals surface area contributed by atoms with Crippen molar-refractivity contribution in [1.82, 2.24) is 4.90 Å². The maximum absolute atomic E-state index is 12.4. The normalized spacial score (nSPS) is 11.6. The van der Waals surface area contributed by atoms with Crippen LogP contribution >= 0.6 is 0 Å². The first-order valence-electron chi connectivity index (χ1n) is 7.29. The van der Waals surface area contributed by atoms with Gasteiger partial charge in [-0.25, -0.2) is 0 Å². The molecule has 0 aliphatic carbocycles. The molecule has 0 saturated heterocycles. The number of unbranched alkanes of at least 4 members (excludes halogenated alkanes) is 6. The van der Waals surface area contributed by atoms with E-state index in [1.165, 1.54) is 6.42 Å². The predicted molar refractivity (Wildman–Crippen MR) is 70.9 cm³/mol. The zero-order valence-corrected chi connectivity index (χ0v) is 12.1. The Morgan fingerprint density at radius 1 is 0.842 bits per heavy atom. The van der Waals surface area contributed by atoms with E-state index in [4.69, 9.17) is 0 Å². The van der Waals surface area contributed by atoms with Gasteiger partial charge in [-0.3, -0.25) is 4.79 Å². The minimum Gasteiger partial charge on any atom is -0.335 e. The smallest absolute Gasteiger partial charge is 0.335 e. The molecule has 0 aliphatic rings. The SMILES string of the molecule is CCCCCCCCN(CCCC)C(=O)C(F)(F)F. The van der Waals surface area contributed by atoms with Gasteiger partial charge in [0.2, 0.25) is 0 Å². The number of carbonyl (C=O) groups excluding carboxylic acids is 1.